The number of aliphatic carboxylic acids is 1. The van der Waals surface area contributed by atoms with Crippen LogP contribution in [0.5, 0.6) is 0 Å². The van der Waals surface area contributed by atoms with Crippen LogP contribution in [-0.4, -0.2) is 30.5 Å². The molecule has 0 bridgehead atoms. The third-order valence-corrected chi connectivity index (χ3v) is 3.55. The lowest BCUT2D eigenvalue weighted by Crippen LogP contribution is -2.25. The van der Waals surface area contributed by atoms with E-state index in [9.17, 15) is 26.4 Å². The highest BCUT2D eigenvalue weighted by Gasteiger charge is 2.39. The van der Waals surface area contributed by atoms with E-state index in [1.807, 2.05) is 0 Å². The summed E-state index contributed by atoms with van der Waals surface area (Å²) in [7, 11) is -3.02. The third kappa shape index (κ3) is 3.14. The van der Waals surface area contributed by atoms with E-state index in [0.29, 0.717) is 6.08 Å². The summed E-state index contributed by atoms with van der Waals surface area (Å²) in [5, 5.41) is 7.57. The zero-order valence-corrected chi connectivity index (χ0v) is 10.1. The monoisotopic (exact) mass is 302 g/mol. The predicted molar refractivity (Wildman–Crippen MR) is 57.7 cm³/mol. The zero-order valence-electron chi connectivity index (χ0n) is 8.53. The first-order valence-electron chi connectivity index (χ1n) is 4.48. The molecule has 0 aromatic carbocycles. The van der Waals surface area contributed by atoms with Crippen LogP contribution in [0.2, 0.25) is 0 Å². The number of allylic oxidation sites excluding steroid dienone is 4. The van der Waals surface area contributed by atoms with Crippen LogP contribution in [0, 0.1) is 5.92 Å². The number of hydrogen-bond donors (Lipinski definition) is 1. The first kappa shape index (κ1) is 14.8. The molecule has 0 aromatic heterocycles. The Kier molecular flexibility index (Phi) is 4.23. The summed E-state index contributed by atoms with van der Waals surface area (Å²) in [6, 6.07) is 0. The Morgan fingerprint density at radius 1 is 1.44 bits per heavy atom. The van der Waals surface area contributed by atoms with E-state index in [4.69, 9.17) is 16.7 Å². The van der Waals surface area contributed by atoms with Crippen molar-refractivity contribution >= 4 is 32.7 Å². The van der Waals surface area contributed by atoms with Gasteiger partial charge in [-0.25, -0.2) is 0 Å². The topological polar surface area (TPSA) is 71.4 Å². The summed E-state index contributed by atoms with van der Waals surface area (Å²) in [4.78, 5) is 9.74. The summed E-state index contributed by atoms with van der Waals surface area (Å²) >= 11 is 5.39. The summed E-state index contributed by atoms with van der Waals surface area (Å²) in [5.74, 6) is -2.54. The second-order valence-electron chi connectivity index (χ2n) is 3.39. The number of carboxylic acid groups (broad SMARTS) is 1. The maximum atomic E-state index is 12.5. The lowest BCUT2D eigenvalue weighted by molar-refractivity contribution is -0.137. The Morgan fingerprint density at radius 2 is 2.00 bits per heavy atom. The minimum absolute atomic E-state index is 0.590. The van der Waals surface area contributed by atoms with Crippen LogP contribution in [-0.2, 0) is 15.1 Å². The molecule has 1 aliphatic carbocycles. The van der Waals surface area contributed by atoms with Gasteiger partial charge in [0.2, 0.25) is 10.3 Å². The fourth-order valence-electron chi connectivity index (χ4n) is 1.43. The van der Waals surface area contributed by atoms with Gasteiger partial charge < -0.3 is 5.11 Å². The second-order valence-corrected chi connectivity index (χ2v) is 4.68. The molecule has 1 unspecified atom stereocenters. The lowest BCUT2D eigenvalue weighted by atomic mass is 9.93. The molecule has 9 heteroatoms. The minimum atomic E-state index is -4.80. The highest BCUT2D eigenvalue weighted by Crippen LogP contribution is 2.36. The molecule has 0 spiro atoms. The summed E-state index contributed by atoms with van der Waals surface area (Å²) in [6.07, 6.45) is -3.99. The molecule has 1 atom stereocenters. The predicted octanol–water partition coefficient (Wildman–Crippen LogP) is 1.75. The van der Waals surface area contributed by atoms with Gasteiger partial charge in [0.15, 0.2) is 0 Å². The molecule has 0 radical (unpaired) electrons. The van der Waals surface area contributed by atoms with E-state index in [1.54, 1.807) is 0 Å². The summed E-state index contributed by atoms with van der Waals surface area (Å²) in [6.45, 7) is 0. The van der Waals surface area contributed by atoms with Crippen molar-refractivity contribution in [3.8, 4) is 0 Å². The van der Waals surface area contributed by atoms with Gasteiger partial charge >= 0.3 is 12.1 Å². The Bertz CT molecular complexity index is 563. The molecule has 4 nitrogen and oxygen atoms in total. The van der Waals surface area contributed by atoms with Crippen molar-refractivity contribution in [3.05, 3.63) is 22.8 Å². The molecule has 0 amide bonds. The molecule has 1 rings (SSSR count). The average molecular weight is 303 g/mol. The molecular weight excluding hydrogens is 297 g/mol. The van der Waals surface area contributed by atoms with E-state index >= 15 is 0 Å². The van der Waals surface area contributed by atoms with Gasteiger partial charge in [-0.3, -0.25) is 4.79 Å². The van der Waals surface area contributed by atoms with Crippen molar-refractivity contribution in [2.45, 2.75) is 12.6 Å². The van der Waals surface area contributed by atoms with Crippen LogP contribution in [0.25, 0.3) is 0 Å². The lowest BCUT2D eigenvalue weighted by Gasteiger charge is -2.19. The molecular formula is C9H6ClF3O4S. The quantitative estimate of drug-likeness (QED) is 0.789. The number of rotatable bonds is 2. The highest BCUT2D eigenvalue weighted by atomic mass is 35.5. The molecule has 0 saturated carbocycles. The standard InChI is InChI=1S/C9H6ClF3O4S/c10-7-5(9(11,12)13)2-1-4(3-6(14)15)8(7)18(16)17/h1-2,4H,3H2,(H,14,15). The van der Waals surface area contributed by atoms with Crippen molar-refractivity contribution in [2.75, 3.05) is 0 Å². The van der Waals surface area contributed by atoms with Gasteiger partial charge in [0.05, 0.1) is 21.9 Å². The molecule has 0 aromatic rings. The van der Waals surface area contributed by atoms with Crippen molar-refractivity contribution in [1.29, 1.82) is 0 Å². The Morgan fingerprint density at radius 3 is 2.39 bits per heavy atom. The van der Waals surface area contributed by atoms with Gasteiger partial charge in [-0.15, -0.1) is 0 Å². The Hall–Kier alpha value is -1.28. The molecule has 0 heterocycles. The fourth-order valence-corrected chi connectivity index (χ4v) is 2.60. The van der Waals surface area contributed by atoms with Gasteiger partial charge in [0.25, 0.3) is 0 Å². The number of carbonyl (C=O) groups is 1. The van der Waals surface area contributed by atoms with Crippen LogP contribution >= 0.6 is 11.6 Å². The molecule has 0 fully saturated rings. The largest absolute Gasteiger partial charge is 0.481 e. The number of alkyl halides is 3. The van der Waals surface area contributed by atoms with Crippen LogP contribution in [0.3, 0.4) is 0 Å². The maximum Gasteiger partial charge on any atom is 0.417 e. The van der Waals surface area contributed by atoms with Crippen LogP contribution in [0.4, 0.5) is 13.2 Å². The third-order valence-electron chi connectivity index (χ3n) is 2.16. The highest BCUT2D eigenvalue weighted by molar-refractivity contribution is 7.73. The van der Waals surface area contributed by atoms with Crippen LogP contribution in [0.15, 0.2) is 22.8 Å². The first-order valence-corrected chi connectivity index (χ1v) is 5.93. The molecule has 1 N–H and O–H groups in total. The number of hydrogen-bond acceptors (Lipinski definition) is 3. The minimum Gasteiger partial charge on any atom is -0.481 e. The maximum absolute atomic E-state index is 12.5. The second kappa shape index (κ2) is 5.15. The molecule has 0 aliphatic heterocycles. The molecule has 100 valence electrons. The Balaban J connectivity index is 3.36. The van der Waals surface area contributed by atoms with Gasteiger partial charge in [-0.05, 0) is 0 Å². The number of carboxylic acids is 1. The summed E-state index contributed by atoms with van der Waals surface area (Å²) in [5.41, 5.74) is -1.30. The van der Waals surface area contributed by atoms with Gasteiger partial charge in [0, 0.05) is 5.92 Å². The van der Waals surface area contributed by atoms with Crippen molar-refractivity contribution in [2.24, 2.45) is 5.92 Å². The van der Waals surface area contributed by atoms with E-state index < -0.39 is 50.2 Å². The smallest absolute Gasteiger partial charge is 0.417 e. The van der Waals surface area contributed by atoms with Crippen LogP contribution < -0.4 is 0 Å². The van der Waals surface area contributed by atoms with E-state index in [1.165, 1.54) is 0 Å². The van der Waals surface area contributed by atoms with E-state index in [-0.39, 0.29) is 0 Å². The number of halogens is 4. The van der Waals surface area contributed by atoms with Gasteiger partial charge in [-0.2, -0.15) is 21.6 Å². The molecule has 1 aliphatic rings. The van der Waals surface area contributed by atoms with Crippen molar-refractivity contribution < 1.29 is 31.5 Å². The van der Waals surface area contributed by atoms with Crippen molar-refractivity contribution in [1.82, 2.24) is 0 Å². The van der Waals surface area contributed by atoms with Gasteiger partial charge in [0.1, 0.15) is 0 Å². The summed E-state index contributed by atoms with van der Waals surface area (Å²) < 4.78 is 59.2. The Labute approximate surface area is 106 Å². The molecule has 18 heavy (non-hydrogen) atoms. The SMILES string of the molecule is O=C(O)CC1C=CC(C(F)(F)F)=C(Cl)C1=S(=O)=O. The van der Waals surface area contributed by atoms with Crippen molar-refractivity contribution in [3.63, 3.8) is 0 Å². The zero-order chi connectivity index (χ0) is 14.1. The van der Waals surface area contributed by atoms with Gasteiger partial charge in [-0.1, -0.05) is 23.8 Å². The van der Waals surface area contributed by atoms with E-state index in [0.717, 1.165) is 6.08 Å². The average Bonchev–Trinajstić information content (AvgIpc) is 2.13. The van der Waals surface area contributed by atoms with E-state index in [2.05, 4.69) is 0 Å². The first-order chi connectivity index (χ1) is 8.14. The molecule has 0 saturated heterocycles. The fraction of sp³-hybridized carbons (Fsp3) is 0.333. The normalized spacial score (nSPS) is 20.2. The van der Waals surface area contributed by atoms with Crippen LogP contribution in [0.1, 0.15) is 6.42 Å².